The number of halogens is 1. The van der Waals surface area contributed by atoms with E-state index < -0.39 is 0 Å². The topological polar surface area (TPSA) is 61.5 Å². The van der Waals surface area contributed by atoms with Crippen LogP contribution in [0, 0.1) is 0 Å². The molecule has 1 aromatic carbocycles. The van der Waals surface area contributed by atoms with Gasteiger partial charge in [0.1, 0.15) is 12.2 Å². The van der Waals surface area contributed by atoms with Gasteiger partial charge in [-0.2, -0.15) is 5.10 Å². The minimum absolute atomic E-state index is 0.389. The highest BCUT2D eigenvalue weighted by atomic mass is 35.5. The van der Waals surface area contributed by atoms with Gasteiger partial charge in [-0.3, -0.25) is 4.98 Å². The number of benzene rings is 1. The van der Waals surface area contributed by atoms with Crippen LogP contribution in [0.4, 0.5) is 0 Å². The minimum atomic E-state index is 0.389. The number of nitrogens with zero attached hydrogens (tertiary/aromatic N) is 4. The third-order valence-corrected chi connectivity index (χ3v) is 4.84. The van der Waals surface area contributed by atoms with Gasteiger partial charge in [-0.05, 0) is 30.0 Å². The van der Waals surface area contributed by atoms with Gasteiger partial charge in [0, 0.05) is 23.7 Å². The normalized spacial score (nSPS) is 11.9. The third-order valence-electron chi connectivity index (χ3n) is 3.75. The zero-order valence-electron chi connectivity index (χ0n) is 14.8. The smallest absolute Gasteiger partial charge is 0.146 e. The fourth-order valence-corrected chi connectivity index (χ4v) is 3.59. The maximum atomic E-state index is 6.10. The van der Waals surface area contributed by atoms with Gasteiger partial charge in [0.15, 0.2) is 0 Å². The van der Waals surface area contributed by atoms with Crippen molar-refractivity contribution in [3.8, 4) is 5.69 Å². The van der Waals surface area contributed by atoms with E-state index >= 15 is 0 Å². The van der Waals surface area contributed by atoms with E-state index in [1.807, 2.05) is 28.9 Å². The number of thioether (sulfide) groups is 1. The van der Waals surface area contributed by atoms with Crippen LogP contribution in [0.25, 0.3) is 16.6 Å². The summed E-state index contributed by atoms with van der Waals surface area (Å²) in [4.78, 5) is 9.41. The standard InChI is InChI=1S/C18H19ClN4O2S/c1-4-26-18(22-25-3)14-10-21-23(17(14)11-24-2)16-7-8-20-15-9-12(19)5-6-13(15)16/h5-10H,4,11H2,1-3H3. The first kappa shape index (κ1) is 18.7. The van der Waals surface area contributed by atoms with Crippen LogP contribution in [-0.2, 0) is 16.2 Å². The van der Waals surface area contributed by atoms with Gasteiger partial charge in [-0.25, -0.2) is 4.68 Å². The predicted octanol–water partition coefficient (Wildman–Crippen LogP) is 4.28. The highest BCUT2D eigenvalue weighted by molar-refractivity contribution is 8.14. The molecule has 0 atom stereocenters. The second-order valence-electron chi connectivity index (χ2n) is 5.35. The van der Waals surface area contributed by atoms with Crippen molar-refractivity contribution in [1.82, 2.24) is 14.8 Å². The van der Waals surface area contributed by atoms with Crippen molar-refractivity contribution in [3.63, 3.8) is 0 Å². The first-order chi connectivity index (χ1) is 12.7. The summed E-state index contributed by atoms with van der Waals surface area (Å²) in [7, 11) is 3.20. The fraction of sp³-hybridized carbons (Fsp3) is 0.278. The summed E-state index contributed by atoms with van der Waals surface area (Å²) in [6.45, 7) is 2.45. The monoisotopic (exact) mass is 390 g/mol. The first-order valence-electron chi connectivity index (χ1n) is 8.04. The highest BCUT2D eigenvalue weighted by Gasteiger charge is 2.19. The first-order valence-corrected chi connectivity index (χ1v) is 9.40. The van der Waals surface area contributed by atoms with Gasteiger partial charge in [-0.1, -0.05) is 23.7 Å². The van der Waals surface area contributed by atoms with Crippen molar-refractivity contribution in [2.45, 2.75) is 13.5 Å². The number of fused-ring (bicyclic) bond motifs is 1. The Kier molecular flexibility index (Phi) is 6.13. The average Bonchev–Trinajstić information content (AvgIpc) is 3.04. The van der Waals surface area contributed by atoms with Crippen molar-refractivity contribution < 1.29 is 9.57 Å². The van der Waals surface area contributed by atoms with Crippen LogP contribution in [0.2, 0.25) is 5.02 Å². The summed E-state index contributed by atoms with van der Waals surface area (Å²) in [5.41, 5.74) is 3.50. The van der Waals surface area contributed by atoms with E-state index in [0.29, 0.717) is 11.6 Å². The predicted molar refractivity (Wildman–Crippen MR) is 106 cm³/mol. The SMILES string of the molecule is CCSC(=NOC)c1cnn(-c2ccnc3cc(Cl)ccc23)c1COC. The van der Waals surface area contributed by atoms with Crippen LogP contribution < -0.4 is 0 Å². The molecule has 0 saturated carbocycles. The Labute approximate surface area is 161 Å². The minimum Gasteiger partial charge on any atom is -0.398 e. The maximum absolute atomic E-state index is 6.10. The van der Waals surface area contributed by atoms with E-state index in [-0.39, 0.29) is 0 Å². The summed E-state index contributed by atoms with van der Waals surface area (Å²) < 4.78 is 7.28. The number of methoxy groups -OCH3 is 1. The molecule has 3 aromatic rings. The number of hydrogen-bond donors (Lipinski definition) is 0. The van der Waals surface area contributed by atoms with Crippen LogP contribution in [0.1, 0.15) is 18.2 Å². The Bertz CT molecular complexity index is 942. The molecule has 26 heavy (non-hydrogen) atoms. The molecule has 0 unspecified atom stereocenters. The van der Waals surface area contributed by atoms with E-state index in [2.05, 4.69) is 22.2 Å². The highest BCUT2D eigenvalue weighted by Crippen LogP contribution is 2.27. The number of aromatic nitrogens is 3. The molecule has 0 spiro atoms. The molecule has 0 N–H and O–H groups in total. The molecule has 136 valence electrons. The Morgan fingerprint density at radius 3 is 2.88 bits per heavy atom. The molecule has 0 fully saturated rings. The number of pyridine rings is 1. The molecule has 0 aliphatic heterocycles. The number of hydrogen-bond acceptors (Lipinski definition) is 6. The molecule has 0 saturated heterocycles. The molecular weight excluding hydrogens is 372 g/mol. The molecule has 2 aromatic heterocycles. The molecule has 8 heteroatoms. The summed E-state index contributed by atoms with van der Waals surface area (Å²) in [5, 5.41) is 11.1. The van der Waals surface area contributed by atoms with Crippen LogP contribution >= 0.6 is 23.4 Å². The van der Waals surface area contributed by atoms with Crippen LogP contribution in [0.5, 0.6) is 0 Å². The molecule has 0 aliphatic carbocycles. The Balaban J connectivity index is 2.19. The Morgan fingerprint density at radius 1 is 1.31 bits per heavy atom. The number of oxime groups is 1. The van der Waals surface area contributed by atoms with Crippen molar-refractivity contribution in [2.24, 2.45) is 5.16 Å². The third kappa shape index (κ3) is 3.70. The lowest BCUT2D eigenvalue weighted by molar-refractivity contribution is 0.179. The molecule has 3 rings (SSSR count). The van der Waals surface area contributed by atoms with Crippen molar-refractivity contribution in [2.75, 3.05) is 20.0 Å². The zero-order chi connectivity index (χ0) is 18.5. The van der Waals surface area contributed by atoms with E-state index in [4.69, 9.17) is 21.2 Å². The molecule has 0 aliphatic rings. The van der Waals surface area contributed by atoms with E-state index in [1.165, 1.54) is 7.11 Å². The van der Waals surface area contributed by atoms with Gasteiger partial charge in [-0.15, -0.1) is 11.8 Å². The van der Waals surface area contributed by atoms with E-state index in [1.54, 1.807) is 31.3 Å². The molecule has 0 bridgehead atoms. The summed E-state index contributed by atoms with van der Waals surface area (Å²) in [6, 6.07) is 7.56. The van der Waals surface area contributed by atoms with E-state index in [9.17, 15) is 0 Å². The van der Waals surface area contributed by atoms with Crippen LogP contribution in [0.3, 0.4) is 0 Å². The molecule has 0 radical (unpaired) electrons. The van der Waals surface area contributed by atoms with Gasteiger partial charge < -0.3 is 9.57 Å². The summed E-state index contributed by atoms with van der Waals surface area (Å²) in [6.07, 6.45) is 3.54. The maximum Gasteiger partial charge on any atom is 0.146 e. The second-order valence-corrected chi connectivity index (χ2v) is 7.04. The van der Waals surface area contributed by atoms with Gasteiger partial charge in [0.05, 0.1) is 35.3 Å². The molecule has 2 heterocycles. The molecule has 0 amide bonds. The Morgan fingerprint density at radius 2 is 2.15 bits per heavy atom. The quantitative estimate of drug-likeness (QED) is 0.357. The van der Waals surface area contributed by atoms with Gasteiger partial charge >= 0.3 is 0 Å². The number of rotatable bonds is 6. The van der Waals surface area contributed by atoms with Crippen molar-refractivity contribution in [3.05, 3.63) is 52.9 Å². The number of ether oxygens (including phenoxy) is 1. The van der Waals surface area contributed by atoms with Crippen LogP contribution in [0.15, 0.2) is 41.8 Å². The van der Waals surface area contributed by atoms with E-state index in [0.717, 1.165) is 38.6 Å². The lowest BCUT2D eigenvalue weighted by atomic mass is 10.2. The largest absolute Gasteiger partial charge is 0.398 e. The average molecular weight is 391 g/mol. The molecule has 6 nitrogen and oxygen atoms in total. The Hall–Kier alpha value is -2.09. The lowest BCUT2D eigenvalue weighted by Crippen LogP contribution is -2.08. The molecular formula is C18H19ClN4O2S. The summed E-state index contributed by atoms with van der Waals surface area (Å²) in [5.74, 6) is 0.872. The summed E-state index contributed by atoms with van der Waals surface area (Å²) >= 11 is 7.69. The van der Waals surface area contributed by atoms with Gasteiger partial charge in [0.2, 0.25) is 0 Å². The van der Waals surface area contributed by atoms with Crippen molar-refractivity contribution >= 4 is 39.3 Å². The second kappa shape index (κ2) is 8.53. The lowest BCUT2D eigenvalue weighted by Gasteiger charge is -2.12. The van der Waals surface area contributed by atoms with Gasteiger partial charge in [0.25, 0.3) is 0 Å². The van der Waals surface area contributed by atoms with Crippen molar-refractivity contribution in [1.29, 1.82) is 0 Å². The zero-order valence-corrected chi connectivity index (χ0v) is 16.3. The van der Waals surface area contributed by atoms with Crippen LogP contribution in [-0.4, -0.2) is 39.8 Å². The fourth-order valence-electron chi connectivity index (χ4n) is 2.70.